The number of oxazole rings is 1. The van der Waals surface area contributed by atoms with Crippen molar-refractivity contribution >= 4 is 28.3 Å². The van der Waals surface area contributed by atoms with Gasteiger partial charge in [-0.05, 0) is 15.9 Å². The highest BCUT2D eigenvalue weighted by molar-refractivity contribution is 9.10. The maximum Gasteiger partial charge on any atom is 0.192 e. The standard InChI is InChI=1S/C4H4BrNO.ClH/c1-3-6-2-4(5)7-3;/h2H,1H3;1H. The molecule has 0 N–H and O–H groups in total. The van der Waals surface area contributed by atoms with Gasteiger partial charge in [0.1, 0.15) is 0 Å². The zero-order valence-electron chi connectivity index (χ0n) is 4.22. The van der Waals surface area contributed by atoms with Gasteiger partial charge in [0.05, 0.1) is 6.20 Å². The van der Waals surface area contributed by atoms with Crippen molar-refractivity contribution in [1.82, 2.24) is 4.98 Å². The second-order valence-electron chi connectivity index (χ2n) is 1.18. The monoisotopic (exact) mass is 197 g/mol. The molecule has 0 aliphatic heterocycles. The molecule has 0 saturated heterocycles. The lowest BCUT2D eigenvalue weighted by Gasteiger charge is -1.71. The van der Waals surface area contributed by atoms with E-state index in [1.54, 1.807) is 13.1 Å². The highest BCUT2D eigenvalue weighted by Gasteiger charge is 1.89. The zero-order chi connectivity index (χ0) is 5.28. The summed E-state index contributed by atoms with van der Waals surface area (Å²) in [4.78, 5) is 3.80. The molecule has 0 saturated carbocycles. The Balaban J connectivity index is 0.000000490. The van der Waals surface area contributed by atoms with Crippen LogP contribution < -0.4 is 0 Å². The molecule has 1 heterocycles. The molecule has 0 aliphatic carbocycles. The van der Waals surface area contributed by atoms with Crippen LogP contribution in [0.25, 0.3) is 0 Å². The van der Waals surface area contributed by atoms with Crippen LogP contribution in [0.4, 0.5) is 0 Å². The summed E-state index contributed by atoms with van der Waals surface area (Å²) >= 11 is 3.10. The van der Waals surface area contributed by atoms with Crippen molar-refractivity contribution < 1.29 is 4.42 Å². The van der Waals surface area contributed by atoms with E-state index in [0.717, 1.165) is 0 Å². The Bertz CT molecular complexity index is 148. The van der Waals surface area contributed by atoms with Crippen LogP contribution >= 0.6 is 28.3 Å². The van der Waals surface area contributed by atoms with Crippen molar-refractivity contribution in [3.63, 3.8) is 0 Å². The summed E-state index contributed by atoms with van der Waals surface area (Å²) in [6.45, 7) is 1.80. The number of aryl methyl sites for hydroxylation is 1. The lowest BCUT2D eigenvalue weighted by Crippen LogP contribution is -1.59. The molecule has 0 fully saturated rings. The third kappa shape index (κ3) is 1.84. The molecule has 8 heavy (non-hydrogen) atoms. The Morgan fingerprint density at radius 3 is 2.50 bits per heavy atom. The minimum Gasteiger partial charge on any atom is -0.434 e. The number of rotatable bonds is 0. The summed E-state index contributed by atoms with van der Waals surface area (Å²) in [5.41, 5.74) is 0. The van der Waals surface area contributed by atoms with Gasteiger partial charge in [-0.1, -0.05) is 0 Å². The van der Waals surface area contributed by atoms with E-state index in [2.05, 4.69) is 20.9 Å². The molecule has 0 aliphatic rings. The second-order valence-corrected chi connectivity index (χ2v) is 1.96. The van der Waals surface area contributed by atoms with Gasteiger partial charge in [0.15, 0.2) is 10.6 Å². The molecular weight excluding hydrogens is 193 g/mol. The molecule has 1 rings (SSSR count). The van der Waals surface area contributed by atoms with Gasteiger partial charge in [0.25, 0.3) is 0 Å². The van der Waals surface area contributed by atoms with E-state index in [9.17, 15) is 0 Å². The van der Waals surface area contributed by atoms with Gasteiger partial charge in [0, 0.05) is 6.92 Å². The van der Waals surface area contributed by atoms with Gasteiger partial charge >= 0.3 is 0 Å². The van der Waals surface area contributed by atoms with Crippen LogP contribution in [0.2, 0.25) is 0 Å². The lowest BCUT2D eigenvalue weighted by molar-refractivity contribution is 0.499. The van der Waals surface area contributed by atoms with Crippen molar-refractivity contribution in [2.45, 2.75) is 6.92 Å². The fourth-order valence-corrected chi connectivity index (χ4v) is 0.672. The van der Waals surface area contributed by atoms with E-state index in [-0.39, 0.29) is 12.4 Å². The van der Waals surface area contributed by atoms with Gasteiger partial charge in [0.2, 0.25) is 0 Å². The Kier molecular flexibility index (Phi) is 3.09. The molecule has 0 atom stereocenters. The van der Waals surface area contributed by atoms with Gasteiger partial charge in [-0.3, -0.25) is 0 Å². The third-order valence-corrected chi connectivity index (χ3v) is 0.960. The summed E-state index contributed by atoms with van der Waals surface area (Å²) in [7, 11) is 0. The van der Waals surface area contributed by atoms with E-state index < -0.39 is 0 Å². The molecule has 0 spiro atoms. The van der Waals surface area contributed by atoms with Crippen LogP contribution in [0, 0.1) is 6.92 Å². The fourth-order valence-electron chi connectivity index (χ4n) is 0.335. The van der Waals surface area contributed by atoms with Crippen molar-refractivity contribution in [3.8, 4) is 0 Å². The van der Waals surface area contributed by atoms with Crippen molar-refractivity contribution in [2.75, 3.05) is 0 Å². The first-order chi connectivity index (χ1) is 3.29. The molecule has 0 unspecified atom stereocenters. The topological polar surface area (TPSA) is 26.0 Å². The lowest BCUT2D eigenvalue weighted by atomic mass is 10.8. The molecule has 4 heteroatoms. The minimum atomic E-state index is 0. The molecule has 46 valence electrons. The molecule has 1 aromatic heterocycles. The number of hydrogen-bond acceptors (Lipinski definition) is 2. The SMILES string of the molecule is Cc1ncc(Br)o1.Cl. The Morgan fingerprint density at radius 2 is 2.38 bits per heavy atom. The first-order valence-corrected chi connectivity index (χ1v) is 2.66. The van der Waals surface area contributed by atoms with Crippen molar-refractivity contribution in [3.05, 3.63) is 16.8 Å². The zero-order valence-corrected chi connectivity index (χ0v) is 6.62. The average molecular weight is 198 g/mol. The van der Waals surface area contributed by atoms with Crippen molar-refractivity contribution in [2.24, 2.45) is 0 Å². The fraction of sp³-hybridized carbons (Fsp3) is 0.250. The third-order valence-electron chi connectivity index (χ3n) is 0.593. The Hall–Kier alpha value is -0.0200. The summed E-state index contributed by atoms with van der Waals surface area (Å²) < 4.78 is 5.57. The van der Waals surface area contributed by atoms with Crippen molar-refractivity contribution in [1.29, 1.82) is 0 Å². The smallest absolute Gasteiger partial charge is 0.192 e. The number of aromatic nitrogens is 1. The summed E-state index contributed by atoms with van der Waals surface area (Å²) in [6, 6.07) is 0. The maximum atomic E-state index is 4.89. The van der Waals surface area contributed by atoms with Crippen LogP contribution in [0.1, 0.15) is 5.89 Å². The number of halogens is 2. The molecule has 1 aromatic rings. The van der Waals surface area contributed by atoms with Crippen LogP contribution in [-0.4, -0.2) is 4.98 Å². The van der Waals surface area contributed by atoms with Crippen LogP contribution in [-0.2, 0) is 0 Å². The molecular formula is C4H5BrClNO. The van der Waals surface area contributed by atoms with E-state index in [1.165, 1.54) is 0 Å². The Labute approximate surface area is 61.8 Å². The molecule has 0 radical (unpaired) electrons. The number of hydrogen-bond donors (Lipinski definition) is 0. The Morgan fingerprint density at radius 1 is 1.75 bits per heavy atom. The van der Waals surface area contributed by atoms with Crippen LogP contribution in [0.15, 0.2) is 15.3 Å². The van der Waals surface area contributed by atoms with E-state index >= 15 is 0 Å². The van der Waals surface area contributed by atoms with Gasteiger partial charge < -0.3 is 4.42 Å². The highest BCUT2D eigenvalue weighted by atomic mass is 79.9. The maximum absolute atomic E-state index is 4.89. The first kappa shape index (κ1) is 7.98. The molecule has 0 aromatic carbocycles. The summed E-state index contributed by atoms with van der Waals surface area (Å²) in [5.74, 6) is 0.687. The predicted molar refractivity (Wildman–Crippen MR) is 36.2 cm³/mol. The van der Waals surface area contributed by atoms with E-state index in [4.69, 9.17) is 4.42 Å². The van der Waals surface area contributed by atoms with E-state index in [0.29, 0.717) is 10.6 Å². The largest absolute Gasteiger partial charge is 0.434 e. The van der Waals surface area contributed by atoms with Gasteiger partial charge in [-0.25, -0.2) is 4.98 Å². The molecule has 0 bridgehead atoms. The predicted octanol–water partition coefficient (Wildman–Crippen LogP) is 2.17. The molecule has 0 amide bonds. The summed E-state index contributed by atoms with van der Waals surface area (Å²) in [6.07, 6.45) is 1.62. The minimum absolute atomic E-state index is 0. The van der Waals surface area contributed by atoms with Gasteiger partial charge in [-0.2, -0.15) is 0 Å². The van der Waals surface area contributed by atoms with E-state index in [1.807, 2.05) is 0 Å². The normalized spacial score (nSPS) is 8.25. The number of nitrogens with zero attached hydrogens (tertiary/aromatic N) is 1. The molecule has 2 nitrogen and oxygen atoms in total. The second kappa shape index (κ2) is 3.10. The average Bonchev–Trinajstić information content (AvgIpc) is 1.87. The first-order valence-electron chi connectivity index (χ1n) is 1.87. The summed E-state index contributed by atoms with van der Waals surface area (Å²) in [5, 5.41) is 0. The van der Waals surface area contributed by atoms with Gasteiger partial charge in [-0.15, -0.1) is 12.4 Å². The quantitative estimate of drug-likeness (QED) is 0.638. The van der Waals surface area contributed by atoms with Crippen LogP contribution in [0.3, 0.4) is 0 Å². The van der Waals surface area contributed by atoms with Crippen LogP contribution in [0.5, 0.6) is 0 Å². The highest BCUT2D eigenvalue weighted by Crippen LogP contribution is 2.08.